The average molecular weight is 698 g/mol. The molecule has 0 heterocycles. The van der Waals surface area contributed by atoms with E-state index in [1.54, 1.807) is 14.0 Å². The van der Waals surface area contributed by atoms with Crippen LogP contribution in [0.1, 0.15) is 41.0 Å². The first-order chi connectivity index (χ1) is 19.0. The van der Waals surface area contributed by atoms with E-state index in [1.807, 2.05) is 0 Å². The minimum absolute atomic E-state index is 0. The Morgan fingerprint density at radius 2 is 1.21 bits per heavy atom. The van der Waals surface area contributed by atoms with Crippen molar-refractivity contribution < 1.29 is 62.3 Å². The minimum atomic E-state index is -1.19. The number of aliphatic hydroxyl groups is 2. The Bertz CT molecular complexity index is 732. The molecule has 0 bridgehead atoms. The van der Waals surface area contributed by atoms with Crippen LogP contribution in [0, 0.1) is 10.8 Å². The first-order valence-corrected chi connectivity index (χ1v) is 13.9. The lowest BCUT2D eigenvalue weighted by molar-refractivity contribution is -0.870. The SMILES string of the molecule is Br.CC(=O)OCC(C)(CO)C(=O)OCCC[N+](C)(C)C.CCOC(=O)C(C)(CO)COC(C)=O.COCCOCCS. The Kier molecular flexibility index (Phi) is 30.6. The molecule has 0 amide bonds. The van der Waals surface area contributed by atoms with Gasteiger partial charge in [-0.2, -0.15) is 12.6 Å². The van der Waals surface area contributed by atoms with Gasteiger partial charge in [0.25, 0.3) is 0 Å². The van der Waals surface area contributed by atoms with Gasteiger partial charge in [-0.25, -0.2) is 0 Å². The lowest BCUT2D eigenvalue weighted by atomic mass is 9.93. The first kappa shape index (κ1) is 47.4. The van der Waals surface area contributed by atoms with Gasteiger partial charge in [0.2, 0.25) is 0 Å². The van der Waals surface area contributed by atoms with Gasteiger partial charge < -0.3 is 43.1 Å². The zero-order valence-corrected chi connectivity index (χ0v) is 29.4. The van der Waals surface area contributed by atoms with Crippen LogP contribution < -0.4 is 0 Å². The molecule has 0 aromatic carbocycles. The summed E-state index contributed by atoms with van der Waals surface area (Å²) in [7, 11) is 7.82. The van der Waals surface area contributed by atoms with Crippen molar-refractivity contribution in [2.75, 3.05) is 100 Å². The normalized spacial score (nSPS) is 13.2. The van der Waals surface area contributed by atoms with Gasteiger partial charge in [0.05, 0.1) is 73.9 Å². The number of methoxy groups -OCH3 is 1. The van der Waals surface area contributed by atoms with Crippen molar-refractivity contribution in [1.29, 1.82) is 0 Å². The zero-order chi connectivity index (χ0) is 32.5. The fourth-order valence-electron chi connectivity index (χ4n) is 2.35. The predicted octanol–water partition coefficient (Wildman–Crippen LogP) is 1.46. The predicted molar refractivity (Wildman–Crippen MR) is 166 cm³/mol. The minimum Gasteiger partial charge on any atom is -0.465 e. The van der Waals surface area contributed by atoms with E-state index in [0.29, 0.717) is 26.4 Å². The monoisotopic (exact) mass is 696 g/mol. The average Bonchev–Trinajstić information content (AvgIpc) is 2.91. The van der Waals surface area contributed by atoms with Crippen LogP contribution in [0.2, 0.25) is 0 Å². The summed E-state index contributed by atoms with van der Waals surface area (Å²) >= 11 is 3.96. The molecule has 42 heavy (non-hydrogen) atoms. The number of carbonyl (C=O) groups excluding carboxylic acids is 4. The third-order valence-electron chi connectivity index (χ3n) is 5.02. The molecule has 0 aliphatic carbocycles. The van der Waals surface area contributed by atoms with Crippen LogP contribution in [0.4, 0.5) is 0 Å². The molecule has 2 N–H and O–H groups in total. The molecular formula is C27H55BrNO12S+. The zero-order valence-electron chi connectivity index (χ0n) is 26.8. The van der Waals surface area contributed by atoms with E-state index < -0.39 is 47.9 Å². The number of carbonyl (C=O) groups is 4. The summed E-state index contributed by atoms with van der Waals surface area (Å²) in [5, 5.41) is 18.3. The molecule has 0 aliphatic heterocycles. The summed E-state index contributed by atoms with van der Waals surface area (Å²) < 4.78 is 29.9. The van der Waals surface area contributed by atoms with Crippen molar-refractivity contribution in [1.82, 2.24) is 0 Å². The van der Waals surface area contributed by atoms with Gasteiger partial charge in [-0.15, -0.1) is 17.0 Å². The summed E-state index contributed by atoms with van der Waals surface area (Å²) in [6.07, 6.45) is 0.740. The first-order valence-electron chi connectivity index (χ1n) is 13.3. The van der Waals surface area contributed by atoms with Crippen molar-refractivity contribution in [2.45, 2.75) is 41.0 Å². The van der Waals surface area contributed by atoms with Crippen molar-refractivity contribution in [3.63, 3.8) is 0 Å². The summed E-state index contributed by atoms with van der Waals surface area (Å²) in [5.74, 6) is -1.31. The number of nitrogens with zero attached hydrogens (tertiary/aromatic N) is 1. The molecule has 0 radical (unpaired) electrons. The summed E-state index contributed by atoms with van der Waals surface area (Å²) in [4.78, 5) is 44.5. The Morgan fingerprint density at radius 1 is 0.762 bits per heavy atom. The van der Waals surface area contributed by atoms with Crippen LogP contribution in [0.5, 0.6) is 0 Å². The second-order valence-corrected chi connectivity index (χ2v) is 11.0. The molecule has 0 saturated carbocycles. The standard InChI is InChI=1S/C13H26NO5.C9H16O5.C5H12O2S.BrH/c1-11(16)19-10-13(2,9-15)12(17)18-8-6-7-14(3,4)5;1-4-13-8(12)9(3,5-10)6-14-7(2)11;1-6-2-3-7-4-5-8;/h15H,6-10H2,1-5H3;10H,4-6H2,1-3H3;8H,2-5H2,1H3;1H/q+1;;;. The van der Waals surface area contributed by atoms with Crippen LogP contribution in [-0.4, -0.2) is 139 Å². The van der Waals surface area contributed by atoms with Crippen LogP contribution in [0.25, 0.3) is 0 Å². The molecule has 13 nitrogen and oxygen atoms in total. The number of quaternary nitrogens is 1. The molecule has 0 aromatic heterocycles. The van der Waals surface area contributed by atoms with Crippen LogP contribution in [0.3, 0.4) is 0 Å². The van der Waals surface area contributed by atoms with Gasteiger partial charge in [0.15, 0.2) is 0 Å². The third kappa shape index (κ3) is 27.3. The summed E-state index contributed by atoms with van der Waals surface area (Å²) in [6, 6.07) is 0. The third-order valence-corrected chi connectivity index (χ3v) is 5.20. The number of ether oxygens (including phenoxy) is 6. The number of esters is 4. The lowest BCUT2D eigenvalue weighted by Gasteiger charge is -2.26. The molecule has 0 saturated heterocycles. The van der Waals surface area contributed by atoms with Gasteiger partial charge in [-0.1, -0.05) is 0 Å². The molecule has 0 aromatic rings. The lowest BCUT2D eigenvalue weighted by Crippen LogP contribution is -2.39. The molecule has 0 rings (SSSR count). The van der Waals surface area contributed by atoms with E-state index in [2.05, 4.69) is 38.5 Å². The highest BCUT2D eigenvalue weighted by Gasteiger charge is 2.36. The Morgan fingerprint density at radius 3 is 1.55 bits per heavy atom. The van der Waals surface area contributed by atoms with Gasteiger partial charge in [0.1, 0.15) is 24.0 Å². The highest BCUT2D eigenvalue weighted by molar-refractivity contribution is 8.93. The highest BCUT2D eigenvalue weighted by Crippen LogP contribution is 2.19. The summed E-state index contributed by atoms with van der Waals surface area (Å²) in [6.45, 7) is 9.45. The van der Waals surface area contributed by atoms with Crippen LogP contribution >= 0.6 is 29.6 Å². The topological polar surface area (TPSA) is 164 Å². The molecular weight excluding hydrogens is 642 g/mol. The molecule has 2 atom stereocenters. The van der Waals surface area contributed by atoms with Crippen molar-refractivity contribution in [2.24, 2.45) is 10.8 Å². The van der Waals surface area contributed by atoms with Crippen molar-refractivity contribution in [3.05, 3.63) is 0 Å². The number of rotatable bonds is 18. The smallest absolute Gasteiger partial charge is 0.317 e. The van der Waals surface area contributed by atoms with Crippen LogP contribution in [-0.2, 0) is 47.6 Å². The number of hydrogen-bond acceptors (Lipinski definition) is 13. The second-order valence-electron chi connectivity index (χ2n) is 10.6. The van der Waals surface area contributed by atoms with E-state index in [4.69, 9.17) is 28.8 Å². The molecule has 0 fully saturated rings. The maximum absolute atomic E-state index is 11.9. The van der Waals surface area contributed by atoms with Gasteiger partial charge >= 0.3 is 23.9 Å². The Balaban J connectivity index is -0.000000276. The number of aliphatic hydroxyl groups excluding tert-OH is 2. The quantitative estimate of drug-likeness (QED) is 0.0622. The van der Waals surface area contributed by atoms with Crippen molar-refractivity contribution in [3.8, 4) is 0 Å². The highest BCUT2D eigenvalue weighted by atomic mass is 79.9. The van der Waals surface area contributed by atoms with E-state index in [9.17, 15) is 24.3 Å². The number of thiol groups is 1. The van der Waals surface area contributed by atoms with Crippen LogP contribution in [0.15, 0.2) is 0 Å². The molecule has 0 spiro atoms. The van der Waals surface area contributed by atoms with Gasteiger partial charge in [-0.3, -0.25) is 19.2 Å². The van der Waals surface area contributed by atoms with E-state index in [1.165, 1.54) is 27.7 Å². The summed E-state index contributed by atoms with van der Waals surface area (Å²) in [5.41, 5.74) is -2.36. The fraction of sp³-hybridized carbons (Fsp3) is 0.852. The number of hydrogen-bond donors (Lipinski definition) is 3. The maximum atomic E-state index is 11.9. The largest absolute Gasteiger partial charge is 0.465 e. The molecule has 0 aliphatic rings. The van der Waals surface area contributed by atoms with E-state index >= 15 is 0 Å². The Hall–Kier alpha value is -1.49. The Labute approximate surface area is 267 Å². The molecule has 15 heteroatoms. The van der Waals surface area contributed by atoms with E-state index in [0.717, 1.165) is 23.2 Å². The molecule has 252 valence electrons. The number of halogens is 1. The fourth-order valence-corrected chi connectivity index (χ4v) is 2.48. The molecule has 2 unspecified atom stereocenters. The second kappa shape index (κ2) is 27.1. The van der Waals surface area contributed by atoms with E-state index in [-0.39, 0.29) is 36.8 Å². The van der Waals surface area contributed by atoms with Gasteiger partial charge in [0, 0.05) is 33.1 Å². The maximum Gasteiger partial charge on any atom is 0.317 e. The van der Waals surface area contributed by atoms with Gasteiger partial charge in [-0.05, 0) is 20.8 Å². The van der Waals surface area contributed by atoms with Crippen molar-refractivity contribution >= 4 is 53.5 Å².